The third kappa shape index (κ3) is 2.69. The Morgan fingerprint density at radius 1 is 1.04 bits per heavy atom. The lowest BCUT2D eigenvalue weighted by Gasteiger charge is -2.04. The molecule has 2 heterocycles. The van der Waals surface area contributed by atoms with Crippen LogP contribution in [0.15, 0.2) is 48.7 Å². The lowest BCUT2D eigenvalue weighted by molar-refractivity contribution is 0.0985. The van der Waals surface area contributed by atoms with Crippen LogP contribution in [-0.2, 0) is 6.42 Å². The third-order valence-electron chi connectivity index (χ3n) is 3.94. The summed E-state index contributed by atoms with van der Waals surface area (Å²) in [5.74, 6) is -1.90. The van der Waals surface area contributed by atoms with Gasteiger partial charge in [-0.05, 0) is 24.3 Å². The van der Waals surface area contributed by atoms with E-state index in [2.05, 4.69) is 20.2 Å². The van der Waals surface area contributed by atoms with Crippen molar-refractivity contribution in [3.05, 3.63) is 71.4 Å². The molecule has 2 aromatic heterocycles. The van der Waals surface area contributed by atoms with E-state index < -0.39 is 23.0 Å². The van der Waals surface area contributed by atoms with Crippen molar-refractivity contribution in [3.8, 4) is 11.5 Å². The van der Waals surface area contributed by atoms with Gasteiger partial charge in [0.25, 0.3) is 0 Å². The smallest absolute Gasteiger partial charge is 0.173 e. The zero-order chi connectivity index (χ0) is 17.4. The van der Waals surface area contributed by atoms with Gasteiger partial charge in [-0.25, -0.2) is 13.8 Å². The SMILES string of the molecule is O=C(Cc1cn[nH]c1-c1nc2ccccc2[nH]1)c1c(F)cccc1F. The van der Waals surface area contributed by atoms with Crippen LogP contribution in [-0.4, -0.2) is 25.9 Å². The van der Waals surface area contributed by atoms with E-state index in [0.29, 0.717) is 17.1 Å². The van der Waals surface area contributed by atoms with E-state index in [-0.39, 0.29) is 6.42 Å². The number of Topliss-reactive ketones (excluding diaryl/α,β-unsaturated/α-hetero) is 1. The molecular formula is C18H12F2N4O. The van der Waals surface area contributed by atoms with Crippen molar-refractivity contribution in [3.63, 3.8) is 0 Å². The second-order valence-corrected chi connectivity index (χ2v) is 5.57. The number of hydrogen-bond donors (Lipinski definition) is 2. The molecule has 0 bridgehead atoms. The van der Waals surface area contributed by atoms with Gasteiger partial charge in [-0.3, -0.25) is 9.89 Å². The van der Waals surface area contributed by atoms with Crippen molar-refractivity contribution in [1.82, 2.24) is 20.2 Å². The van der Waals surface area contributed by atoms with Gasteiger partial charge in [0, 0.05) is 12.0 Å². The highest BCUT2D eigenvalue weighted by atomic mass is 19.1. The molecule has 0 radical (unpaired) electrons. The van der Waals surface area contributed by atoms with Gasteiger partial charge in [-0.2, -0.15) is 5.10 Å². The van der Waals surface area contributed by atoms with Crippen LogP contribution >= 0.6 is 0 Å². The summed E-state index contributed by atoms with van der Waals surface area (Å²) < 4.78 is 27.6. The Labute approximate surface area is 140 Å². The number of benzene rings is 2. The van der Waals surface area contributed by atoms with Gasteiger partial charge in [0.2, 0.25) is 0 Å². The van der Waals surface area contributed by atoms with Crippen LogP contribution in [0.1, 0.15) is 15.9 Å². The Hall–Kier alpha value is -3.35. The molecule has 124 valence electrons. The van der Waals surface area contributed by atoms with E-state index in [9.17, 15) is 13.6 Å². The minimum absolute atomic E-state index is 0.194. The van der Waals surface area contributed by atoms with E-state index >= 15 is 0 Å². The van der Waals surface area contributed by atoms with E-state index in [4.69, 9.17) is 0 Å². The fourth-order valence-electron chi connectivity index (χ4n) is 2.75. The molecule has 0 fully saturated rings. The van der Waals surface area contributed by atoms with E-state index in [1.54, 1.807) is 0 Å². The molecule has 7 heteroatoms. The monoisotopic (exact) mass is 338 g/mol. The number of nitrogens with one attached hydrogen (secondary N) is 2. The predicted molar refractivity (Wildman–Crippen MR) is 88.1 cm³/mol. The molecule has 4 aromatic rings. The molecule has 0 saturated carbocycles. The van der Waals surface area contributed by atoms with E-state index in [1.165, 1.54) is 12.3 Å². The number of H-pyrrole nitrogens is 2. The van der Waals surface area contributed by atoms with Gasteiger partial charge in [0.15, 0.2) is 11.6 Å². The minimum Gasteiger partial charge on any atom is -0.337 e. The molecule has 0 atom stereocenters. The lowest BCUT2D eigenvalue weighted by atomic mass is 10.0. The highest BCUT2D eigenvalue weighted by Crippen LogP contribution is 2.23. The topological polar surface area (TPSA) is 74.4 Å². The summed E-state index contributed by atoms with van der Waals surface area (Å²) in [6.45, 7) is 0. The number of fused-ring (bicyclic) bond motifs is 1. The minimum atomic E-state index is -0.876. The maximum atomic E-state index is 13.8. The molecule has 25 heavy (non-hydrogen) atoms. The zero-order valence-electron chi connectivity index (χ0n) is 12.9. The van der Waals surface area contributed by atoms with Gasteiger partial charge in [-0.15, -0.1) is 0 Å². The number of aromatic amines is 2. The summed E-state index contributed by atoms with van der Waals surface area (Å²) >= 11 is 0. The van der Waals surface area contributed by atoms with Crippen molar-refractivity contribution in [2.24, 2.45) is 0 Å². The Kier molecular flexibility index (Phi) is 3.61. The Bertz CT molecular complexity index is 1030. The van der Waals surface area contributed by atoms with Crippen molar-refractivity contribution in [2.75, 3.05) is 0 Å². The number of nitrogens with zero attached hydrogens (tertiary/aromatic N) is 2. The number of halogens is 2. The fraction of sp³-hybridized carbons (Fsp3) is 0.0556. The number of para-hydroxylation sites is 2. The standard InChI is InChI=1S/C18H12F2N4O/c19-11-4-3-5-12(20)16(11)15(25)8-10-9-21-24-17(10)18-22-13-6-1-2-7-14(13)23-18/h1-7,9H,8H2,(H,21,24)(H,22,23). The number of carbonyl (C=O) groups is 1. The van der Waals surface area contributed by atoms with Crippen LogP contribution in [0.25, 0.3) is 22.6 Å². The molecule has 0 aliphatic rings. The second kappa shape index (κ2) is 5.94. The number of aromatic nitrogens is 4. The summed E-state index contributed by atoms with van der Waals surface area (Å²) in [7, 11) is 0. The van der Waals surface area contributed by atoms with Crippen LogP contribution in [0.4, 0.5) is 8.78 Å². The highest BCUT2D eigenvalue weighted by Gasteiger charge is 2.20. The lowest BCUT2D eigenvalue weighted by Crippen LogP contribution is -2.09. The van der Waals surface area contributed by atoms with Crippen LogP contribution in [0.2, 0.25) is 0 Å². The molecular weight excluding hydrogens is 326 g/mol. The number of carbonyl (C=O) groups excluding carboxylic acids is 1. The first-order valence-corrected chi connectivity index (χ1v) is 7.58. The molecule has 0 saturated heterocycles. The van der Waals surface area contributed by atoms with Crippen molar-refractivity contribution < 1.29 is 13.6 Å². The zero-order valence-corrected chi connectivity index (χ0v) is 12.9. The van der Waals surface area contributed by atoms with Gasteiger partial charge >= 0.3 is 0 Å². The first-order chi connectivity index (χ1) is 12.1. The average Bonchev–Trinajstić information content (AvgIpc) is 3.20. The number of imidazole rings is 1. The molecule has 0 aliphatic heterocycles. The van der Waals surface area contributed by atoms with Crippen LogP contribution < -0.4 is 0 Å². The summed E-state index contributed by atoms with van der Waals surface area (Å²) in [6, 6.07) is 10.8. The molecule has 2 N–H and O–H groups in total. The molecule has 0 spiro atoms. The first kappa shape index (κ1) is 15.2. The van der Waals surface area contributed by atoms with Gasteiger partial charge in [-0.1, -0.05) is 18.2 Å². The molecule has 4 rings (SSSR count). The van der Waals surface area contributed by atoms with Gasteiger partial charge in [0.1, 0.15) is 17.3 Å². The van der Waals surface area contributed by atoms with Crippen molar-refractivity contribution in [1.29, 1.82) is 0 Å². The molecule has 0 aliphatic carbocycles. The summed E-state index contributed by atoms with van der Waals surface area (Å²) in [5.41, 5.74) is 2.08. The number of ketones is 1. The molecule has 2 aromatic carbocycles. The van der Waals surface area contributed by atoms with E-state index in [1.807, 2.05) is 24.3 Å². The summed E-state index contributed by atoms with van der Waals surface area (Å²) in [4.78, 5) is 19.9. The van der Waals surface area contributed by atoms with Crippen LogP contribution in [0.3, 0.4) is 0 Å². The molecule has 0 amide bonds. The van der Waals surface area contributed by atoms with Gasteiger partial charge < -0.3 is 4.98 Å². The number of hydrogen-bond acceptors (Lipinski definition) is 3. The second-order valence-electron chi connectivity index (χ2n) is 5.57. The Balaban J connectivity index is 1.69. The normalized spacial score (nSPS) is 11.1. The first-order valence-electron chi connectivity index (χ1n) is 7.58. The quantitative estimate of drug-likeness (QED) is 0.558. The average molecular weight is 338 g/mol. The fourth-order valence-corrected chi connectivity index (χ4v) is 2.75. The van der Waals surface area contributed by atoms with E-state index in [0.717, 1.165) is 23.2 Å². The Morgan fingerprint density at radius 2 is 1.80 bits per heavy atom. The molecule has 5 nitrogen and oxygen atoms in total. The maximum Gasteiger partial charge on any atom is 0.173 e. The van der Waals surface area contributed by atoms with Crippen LogP contribution in [0.5, 0.6) is 0 Å². The Morgan fingerprint density at radius 3 is 2.56 bits per heavy atom. The third-order valence-corrected chi connectivity index (χ3v) is 3.94. The van der Waals surface area contributed by atoms with Gasteiger partial charge in [0.05, 0.1) is 22.8 Å². The summed E-state index contributed by atoms with van der Waals surface area (Å²) in [6.07, 6.45) is 1.26. The van der Waals surface area contributed by atoms with Crippen molar-refractivity contribution >= 4 is 16.8 Å². The highest BCUT2D eigenvalue weighted by molar-refractivity contribution is 5.98. The molecule has 0 unspecified atom stereocenters. The van der Waals surface area contributed by atoms with Crippen LogP contribution in [0, 0.1) is 11.6 Å². The largest absolute Gasteiger partial charge is 0.337 e. The maximum absolute atomic E-state index is 13.8. The van der Waals surface area contributed by atoms with Crippen molar-refractivity contribution in [2.45, 2.75) is 6.42 Å². The number of rotatable bonds is 4. The summed E-state index contributed by atoms with van der Waals surface area (Å²) in [5, 5.41) is 6.72. The predicted octanol–water partition coefficient (Wildman–Crippen LogP) is 3.66.